The van der Waals surface area contributed by atoms with Crippen LogP contribution in [-0.4, -0.2) is 41.6 Å². The molecule has 0 saturated heterocycles. The Kier molecular flexibility index (Phi) is 4.99. The summed E-state index contributed by atoms with van der Waals surface area (Å²) >= 11 is 1.42. The van der Waals surface area contributed by atoms with Crippen molar-refractivity contribution in [2.24, 2.45) is 0 Å². The summed E-state index contributed by atoms with van der Waals surface area (Å²) in [6.07, 6.45) is 2.27. The first-order chi connectivity index (χ1) is 13.1. The number of hydrogen-bond acceptors (Lipinski definition) is 5. The Bertz CT molecular complexity index is 879. The average molecular weight is 385 g/mol. The lowest BCUT2D eigenvalue weighted by atomic mass is 10.0. The van der Waals surface area contributed by atoms with E-state index in [1.165, 1.54) is 22.5 Å². The lowest BCUT2D eigenvalue weighted by molar-refractivity contribution is -0.119. The van der Waals surface area contributed by atoms with E-state index in [-0.39, 0.29) is 11.9 Å². The molecule has 4 rings (SSSR count). The highest BCUT2D eigenvalue weighted by Gasteiger charge is 2.29. The van der Waals surface area contributed by atoms with Crippen LogP contribution in [0.1, 0.15) is 45.1 Å². The second kappa shape index (κ2) is 7.42. The molecule has 0 aliphatic carbocycles. The second-order valence-corrected chi connectivity index (χ2v) is 8.16. The first-order valence-electron chi connectivity index (χ1n) is 9.28. The van der Waals surface area contributed by atoms with Crippen LogP contribution in [0.25, 0.3) is 0 Å². The molecule has 2 N–H and O–H groups in total. The van der Waals surface area contributed by atoms with Crippen LogP contribution in [0.15, 0.2) is 30.3 Å². The number of hydroxylamine groups is 1. The molecule has 6 nitrogen and oxygen atoms in total. The fourth-order valence-corrected chi connectivity index (χ4v) is 5.25. The predicted molar refractivity (Wildman–Crippen MR) is 104 cm³/mol. The summed E-state index contributed by atoms with van der Waals surface area (Å²) in [6.45, 7) is 4.46. The number of nitrogens with one attached hydrogen (secondary N) is 1. The Morgan fingerprint density at radius 2 is 2.00 bits per heavy atom. The summed E-state index contributed by atoms with van der Waals surface area (Å²) in [5.74, 6) is -0.291. The fraction of sp³-hybridized carbons (Fsp3) is 0.400. The van der Waals surface area contributed by atoms with Gasteiger partial charge in [-0.05, 0) is 43.0 Å². The molecule has 7 heteroatoms. The van der Waals surface area contributed by atoms with Gasteiger partial charge in [-0.1, -0.05) is 18.2 Å². The summed E-state index contributed by atoms with van der Waals surface area (Å²) < 4.78 is 0. The number of amides is 2. The maximum atomic E-state index is 12.8. The van der Waals surface area contributed by atoms with Crippen molar-refractivity contribution in [1.29, 1.82) is 0 Å². The molecular formula is C20H23N3O3S. The molecule has 2 aromatic rings. The number of hydrogen-bond donors (Lipinski definition) is 2. The Morgan fingerprint density at radius 1 is 1.22 bits per heavy atom. The van der Waals surface area contributed by atoms with E-state index >= 15 is 0 Å². The average Bonchev–Trinajstić information content (AvgIpc) is 3.31. The number of para-hydroxylation sites is 1. The van der Waals surface area contributed by atoms with Crippen LogP contribution in [0.3, 0.4) is 0 Å². The fourth-order valence-electron chi connectivity index (χ4n) is 4.06. The molecule has 1 unspecified atom stereocenters. The van der Waals surface area contributed by atoms with Gasteiger partial charge in [0.05, 0.1) is 4.88 Å². The Labute approximate surface area is 162 Å². The van der Waals surface area contributed by atoms with Crippen molar-refractivity contribution in [2.45, 2.75) is 32.2 Å². The highest BCUT2D eigenvalue weighted by atomic mass is 32.1. The van der Waals surface area contributed by atoms with E-state index in [0.29, 0.717) is 17.8 Å². The molecule has 0 radical (unpaired) electrons. The third-order valence-electron chi connectivity index (χ3n) is 5.56. The largest absolute Gasteiger partial charge is 0.312 e. The lowest BCUT2D eigenvalue weighted by Gasteiger charge is -2.33. The van der Waals surface area contributed by atoms with Crippen molar-refractivity contribution in [3.8, 4) is 0 Å². The molecular weight excluding hydrogens is 362 g/mol. The summed E-state index contributed by atoms with van der Waals surface area (Å²) in [5.41, 5.74) is 5.17. The van der Waals surface area contributed by atoms with E-state index in [2.05, 4.69) is 17.9 Å². The van der Waals surface area contributed by atoms with Gasteiger partial charge < -0.3 is 4.90 Å². The van der Waals surface area contributed by atoms with Gasteiger partial charge in [-0.15, -0.1) is 11.3 Å². The number of rotatable bonds is 4. The van der Waals surface area contributed by atoms with Crippen LogP contribution in [0.4, 0.5) is 5.69 Å². The molecule has 2 amide bonds. The maximum Gasteiger partial charge on any atom is 0.284 e. The van der Waals surface area contributed by atoms with Gasteiger partial charge in [-0.25, -0.2) is 5.48 Å². The molecule has 0 saturated carbocycles. The van der Waals surface area contributed by atoms with E-state index in [9.17, 15) is 9.59 Å². The maximum absolute atomic E-state index is 12.8. The van der Waals surface area contributed by atoms with Gasteiger partial charge in [-0.3, -0.25) is 19.7 Å². The molecule has 0 spiro atoms. The molecule has 1 aromatic carbocycles. The lowest BCUT2D eigenvalue weighted by Crippen LogP contribution is -2.37. The second-order valence-electron chi connectivity index (χ2n) is 7.08. The Balaban J connectivity index is 1.40. The van der Waals surface area contributed by atoms with Crippen molar-refractivity contribution in [3.05, 3.63) is 51.2 Å². The highest BCUT2D eigenvalue weighted by Crippen LogP contribution is 2.36. The highest BCUT2D eigenvalue weighted by molar-refractivity contribution is 7.14. The molecule has 142 valence electrons. The van der Waals surface area contributed by atoms with Crippen molar-refractivity contribution in [3.63, 3.8) is 0 Å². The van der Waals surface area contributed by atoms with E-state index < -0.39 is 5.91 Å². The zero-order chi connectivity index (χ0) is 19.0. The van der Waals surface area contributed by atoms with Crippen LogP contribution in [0.2, 0.25) is 0 Å². The minimum Gasteiger partial charge on any atom is -0.312 e. The van der Waals surface area contributed by atoms with Crippen molar-refractivity contribution >= 4 is 28.8 Å². The zero-order valence-electron chi connectivity index (χ0n) is 15.3. The van der Waals surface area contributed by atoms with Gasteiger partial charge in [0.2, 0.25) is 5.91 Å². The van der Waals surface area contributed by atoms with E-state index in [4.69, 9.17) is 5.21 Å². The summed E-state index contributed by atoms with van der Waals surface area (Å²) in [4.78, 5) is 30.3. The Morgan fingerprint density at radius 3 is 2.81 bits per heavy atom. The molecule has 0 bridgehead atoms. The third kappa shape index (κ3) is 3.38. The van der Waals surface area contributed by atoms with E-state index in [1.54, 1.807) is 5.48 Å². The van der Waals surface area contributed by atoms with E-state index in [1.807, 2.05) is 29.2 Å². The standard InChI is InChI=1S/C20H23N3O3S/c1-13-19-15(12-17(27-19)20(25)21-26)6-9-22(13)10-8-18(24)23-11-7-14-4-2-3-5-16(14)23/h2-5,12-13,26H,6-11H2,1H3,(H,21,25). The summed E-state index contributed by atoms with van der Waals surface area (Å²) in [7, 11) is 0. The number of nitrogens with zero attached hydrogens (tertiary/aromatic N) is 2. The molecule has 1 atom stereocenters. The van der Waals surface area contributed by atoms with Crippen molar-refractivity contribution in [1.82, 2.24) is 10.4 Å². The molecule has 2 aliphatic rings. The quantitative estimate of drug-likeness (QED) is 0.627. The van der Waals surface area contributed by atoms with E-state index in [0.717, 1.165) is 36.5 Å². The normalized spacial score (nSPS) is 18.9. The van der Waals surface area contributed by atoms with Crippen molar-refractivity contribution < 1.29 is 14.8 Å². The van der Waals surface area contributed by atoms with Gasteiger partial charge >= 0.3 is 0 Å². The van der Waals surface area contributed by atoms with Crippen LogP contribution in [0, 0.1) is 0 Å². The number of fused-ring (bicyclic) bond motifs is 2. The number of carbonyl (C=O) groups excluding carboxylic acids is 2. The molecule has 3 heterocycles. The first-order valence-corrected chi connectivity index (χ1v) is 10.1. The smallest absolute Gasteiger partial charge is 0.284 e. The molecule has 2 aliphatic heterocycles. The molecule has 1 aromatic heterocycles. The minimum atomic E-state index is -0.462. The number of anilines is 1. The topological polar surface area (TPSA) is 72.9 Å². The van der Waals surface area contributed by atoms with Crippen LogP contribution in [0.5, 0.6) is 0 Å². The van der Waals surface area contributed by atoms with Gasteiger partial charge in [0, 0.05) is 42.7 Å². The first kappa shape index (κ1) is 18.2. The number of carbonyl (C=O) groups is 2. The van der Waals surface area contributed by atoms with Gasteiger partial charge in [-0.2, -0.15) is 0 Å². The van der Waals surface area contributed by atoms with Gasteiger partial charge in [0.1, 0.15) is 0 Å². The number of thiophene rings is 1. The summed E-state index contributed by atoms with van der Waals surface area (Å²) in [5, 5.41) is 8.84. The SMILES string of the molecule is CC1c2sc(C(=O)NO)cc2CCN1CCC(=O)N1CCc2ccccc21. The van der Waals surface area contributed by atoms with Crippen LogP contribution in [-0.2, 0) is 17.6 Å². The molecule has 27 heavy (non-hydrogen) atoms. The van der Waals surface area contributed by atoms with Gasteiger partial charge in [0.25, 0.3) is 5.91 Å². The monoisotopic (exact) mass is 385 g/mol. The Hall–Kier alpha value is -2.22. The molecule has 0 fully saturated rings. The zero-order valence-corrected chi connectivity index (χ0v) is 16.1. The minimum absolute atomic E-state index is 0.164. The van der Waals surface area contributed by atoms with Crippen LogP contribution < -0.4 is 10.4 Å². The van der Waals surface area contributed by atoms with Crippen LogP contribution >= 0.6 is 11.3 Å². The third-order valence-corrected chi connectivity index (χ3v) is 6.91. The van der Waals surface area contributed by atoms with Crippen molar-refractivity contribution in [2.75, 3.05) is 24.5 Å². The number of benzene rings is 1. The van der Waals surface area contributed by atoms with Gasteiger partial charge in [0.15, 0.2) is 0 Å². The predicted octanol–water partition coefficient (Wildman–Crippen LogP) is 2.77. The summed E-state index contributed by atoms with van der Waals surface area (Å²) in [6, 6.07) is 10.1.